The zero-order valence-corrected chi connectivity index (χ0v) is 15.5. The Morgan fingerprint density at radius 3 is 2.11 bits per heavy atom. The molecule has 0 bridgehead atoms. The normalized spacial score (nSPS) is 15.4. The van der Waals surface area contributed by atoms with Crippen molar-refractivity contribution >= 4 is 34.3 Å². The van der Waals surface area contributed by atoms with Gasteiger partial charge in [0.25, 0.3) is 0 Å². The molecule has 0 heterocycles. The number of allylic oxidation sites excluding steroid dienone is 4. The van der Waals surface area contributed by atoms with Crippen LogP contribution in [0.25, 0.3) is 11.1 Å². The maximum atomic E-state index is 14.3. The van der Waals surface area contributed by atoms with Gasteiger partial charge >= 0.3 is 6.18 Å². The number of methoxy groups -OCH3 is 1. The predicted molar refractivity (Wildman–Crippen MR) is 99.4 cm³/mol. The molecule has 1 aliphatic rings. The third-order valence-corrected chi connectivity index (χ3v) is 4.95. The van der Waals surface area contributed by atoms with Crippen molar-refractivity contribution in [2.45, 2.75) is 12.6 Å². The second kappa shape index (κ2) is 7.56. The van der Waals surface area contributed by atoms with Gasteiger partial charge in [0.05, 0.1) is 22.7 Å². The Bertz CT molecular complexity index is 928. The Morgan fingerprint density at radius 2 is 1.56 bits per heavy atom. The molecule has 0 aromatic heterocycles. The summed E-state index contributed by atoms with van der Waals surface area (Å²) in [6.07, 6.45) is -3.95. The van der Waals surface area contributed by atoms with Gasteiger partial charge in [0, 0.05) is 12.0 Å². The molecule has 0 amide bonds. The quantitative estimate of drug-likeness (QED) is 0.477. The molecule has 1 nitrogen and oxygen atoms in total. The number of alkyl halides is 3. The van der Waals surface area contributed by atoms with Crippen LogP contribution in [-0.2, 0) is 0 Å². The van der Waals surface area contributed by atoms with Crippen LogP contribution in [0.3, 0.4) is 0 Å². The average Bonchev–Trinajstić information content (AvgIpc) is 2.63. The summed E-state index contributed by atoms with van der Waals surface area (Å²) >= 11 is 11.9. The molecule has 0 saturated heterocycles. The van der Waals surface area contributed by atoms with Gasteiger partial charge in [0.1, 0.15) is 11.6 Å². The summed E-state index contributed by atoms with van der Waals surface area (Å²) in [6.45, 7) is 0. The molecule has 0 aliphatic heterocycles. The molecule has 7 heteroatoms. The second-order valence-electron chi connectivity index (χ2n) is 5.84. The largest absolute Gasteiger partial charge is 0.497 e. The Balaban J connectivity index is 2.29. The van der Waals surface area contributed by atoms with E-state index >= 15 is 0 Å². The van der Waals surface area contributed by atoms with Gasteiger partial charge in [-0.1, -0.05) is 41.4 Å². The summed E-state index contributed by atoms with van der Waals surface area (Å²) < 4.78 is 60.3. The van der Waals surface area contributed by atoms with E-state index in [1.54, 1.807) is 6.07 Å². The van der Waals surface area contributed by atoms with Crippen LogP contribution in [0, 0.1) is 6.42 Å². The van der Waals surface area contributed by atoms with Crippen molar-refractivity contribution in [2.75, 3.05) is 7.11 Å². The summed E-state index contributed by atoms with van der Waals surface area (Å²) in [5.41, 5.74) is -0.538. The van der Waals surface area contributed by atoms with Gasteiger partial charge in [-0.05, 0) is 47.4 Å². The van der Waals surface area contributed by atoms with Gasteiger partial charge in [0.2, 0.25) is 0 Å². The molecular formula is C20H13Cl2F4O. The van der Waals surface area contributed by atoms with Crippen molar-refractivity contribution in [1.82, 2.24) is 0 Å². The molecule has 27 heavy (non-hydrogen) atoms. The third kappa shape index (κ3) is 3.99. The molecule has 0 atom stereocenters. The first-order valence-electron chi connectivity index (χ1n) is 7.86. The molecule has 0 unspecified atom stereocenters. The first-order chi connectivity index (χ1) is 12.7. The first kappa shape index (κ1) is 19.8. The lowest BCUT2D eigenvalue weighted by Crippen LogP contribution is -2.19. The Morgan fingerprint density at radius 1 is 0.926 bits per heavy atom. The van der Waals surface area contributed by atoms with Crippen LogP contribution in [0.1, 0.15) is 17.5 Å². The minimum atomic E-state index is -4.86. The zero-order valence-electron chi connectivity index (χ0n) is 14.0. The Labute approximate surface area is 163 Å². The maximum Gasteiger partial charge on any atom is 0.419 e. The molecule has 0 fully saturated rings. The lowest BCUT2D eigenvalue weighted by molar-refractivity contribution is -0.0888. The van der Waals surface area contributed by atoms with Crippen LogP contribution >= 0.6 is 23.2 Å². The maximum absolute atomic E-state index is 14.3. The van der Waals surface area contributed by atoms with Gasteiger partial charge in [0.15, 0.2) is 0 Å². The van der Waals surface area contributed by atoms with E-state index in [-0.39, 0.29) is 27.6 Å². The molecule has 2 aromatic carbocycles. The van der Waals surface area contributed by atoms with Gasteiger partial charge < -0.3 is 4.74 Å². The van der Waals surface area contributed by atoms with Crippen molar-refractivity contribution in [3.05, 3.63) is 81.5 Å². The summed E-state index contributed by atoms with van der Waals surface area (Å²) in [5.74, 6) is -0.812. The van der Waals surface area contributed by atoms with Crippen LogP contribution in [0.4, 0.5) is 17.6 Å². The van der Waals surface area contributed by atoms with Crippen molar-refractivity contribution in [3.63, 3.8) is 0 Å². The van der Waals surface area contributed by atoms with Gasteiger partial charge in [-0.15, -0.1) is 0 Å². The monoisotopic (exact) mass is 415 g/mol. The van der Waals surface area contributed by atoms with Crippen LogP contribution in [-0.4, -0.2) is 13.3 Å². The fraction of sp³-hybridized carbons (Fsp3) is 0.150. The summed E-state index contributed by atoms with van der Waals surface area (Å²) in [6, 6.07) is 10.5. The van der Waals surface area contributed by atoms with E-state index in [2.05, 4.69) is 0 Å². The minimum absolute atomic E-state index is 0.00919. The second-order valence-corrected chi connectivity index (χ2v) is 6.65. The lowest BCUT2D eigenvalue weighted by atomic mass is 9.82. The van der Waals surface area contributed by atoms with E-state index in [0.29, 0.717) is 16.9 Å². The highest BCUT2D eigenvalue weighted by atomic mass is 35.5. The van der Waals surface area contributed by atoms with Crippen molar-refractivity contribution < 1.29 is 22.3 Å². The topological polar surface area (TPSA) is 9.23 Å². The van der Waals surface area contributed by atoms with E-state index < -0.39 is 17.6 Å². The summed E-state index contributed by atoms with van der Waals surface area (Å²) in [7, 11) is 1.45. The molecule has 0 saturated carbocycles. The highest BCUT2D eigenvalue weighted by Crippen LogP contribution is 2.48. The predicted octanol–water partition coefficient (Wildman–Crippen LogP) is 7.31. The summed E-state index contributed by atoms with van der Waals surface area (Å²) in [4.78, 5) is 0. The van der Waals surface area contributed by atoms with E-state index in [1.807, 2.05) is 0 Å². The zero-order chi connectivity index (χ0) is 19.8. The average molecular weight is 416 g/mol. The van der Waals surface area contributed by atoms with Crippen LogP contribution < -0.4 is 4.74 Å². The first-order valence-corrected chi connectivity index (χ1v) is 8.61. The van der Waals surface area contributed by atoms with Crippen molar-refractivity contribution in [1.29, 1.82) is 0 Å². The van der Waals surface area contributed by atoms with Crippen LogP contribution in [0.2, 0.25) is 10.0 Å². The van der Waals surface area contributed by atoms with E-state index in [0.717, 1.165) is 6.42 Å². The Hall–Kier alpha value is -1.98. The number of rotatable bonds is 3. The SMILES string of the molecule is COc1ccc(C2=C(c3ccc(Cl)c(Cl)c3)C[CH]C(F)=C2C(F)(F)F)cc1. The van der Waals surface area contributed by atoms with Crippen molar-refractivity contribution in [3.8, 4) is 5.75 Å². The van der Waals surface area contributed by atoms with Crippen LogP contribution in [0.5, 0.6) is 5.75 Å². The van der Waals surface area contributed by atoms with Crippen LogP contribution in [0.15, 0.2) is 53.9 Å². The number of hydrogen-bond acceptors (Lipinski definition) is 1. The fourth-order valence-corrected chi connectivity index (χ4v) is 3.26. The Kier molecular flexibility index (Phi) is 5.54. The van der Waals surface area contributed by atoms with Gasteiger partial charge in [-0.3, -0.25) is 0 Å². The number of halogens is 6. The van der Waals surface area contributed by atoms with Gasteiger partial charge in [-0.2, -0.15) is 13.2 Å². The summed E-state index contributed by atoms with van der Waals surface area (Å²) in [5, 5.41) is 0.490. The van der Waals surface area contributed by atoms with E-state index in [9.17, 15) is 17.6 Å². The number of benzene rings is 2. The molecule has 0 N–H and O–H groups in total. The smallest absolute Gasteiger partial charge is 0.419 e. The molecule has 1 aliphatic carbocycles. The van der Waals surface area contributed by atoms with Crippen molar-refractivity contribution in [2.24, 2.45) is 0 Å². The number of hydrogen-bond donors (Lipinski definition) is 0. The molecule has 3 rings (SSSR count). The lowest BCUT2D eigenvalue weighted by Gasteiger charge is -2.25. The van der Waals surface area contributed by atoms with Gasteiger partial charge in [-0.25, -0.2) is 4.39 Å². The molecule has 0 spiro atoms. The van der Waals surface area contributed by atoms with E-state index in [4.69, 9.17) is 27.9 Å². The highest BCUT2D eigenvalue weighted by Gasteiger charge is 2.42. The molecular weight excluding hydrogens is 403 g/mol. The third-order valence-electron chi connectivity index (χ3n) is 4.21. The minimum Gasteiger partial charge on any atom is -0.497 e. The molecule has 141 valence electrons. The standard InChI is InChI=1S/C20H13Cl2F4O/c1-27-13-5-2-11(3-6-13)18-14(12-4-8-15(21)16(22)10-12)7-9-17(23)19(18)20(24,25)26/h2-6,8-10H,7H2,1H3. The van der Waals surface area contributed by atoms with E-state index in [1.165, 1.54) is 43.5 Å². The highest BCUT2D eigenvalue weighted by molar-refractivity contribution is 6.42. The molecule has 1 radical (unpaired) electrons. The molecule has 2 aromatic rings. The fourth-order valence-electron chi connectivity index (χ4n) is 2.97. The number of ether oxygens (including phenoxy) is 1.